The highest BCUT2D eigenvalue weighted by molar-refractivity contribution is 5.93. The number of anilines is 3. The molecule has 1 aliphatic heterocycles. The van der Waals surface area contributed by atoms with E-state index in [0.717, 1.165) is 42.1 Å². The Bertz CT molecular complexity index is 1660. The van der Waals surface area contributed by atoms with Gasteiger partial charge in [-0.05, 0) is 79.8 Å². The number of nitrogens with one attached hydrogen (secondary N) is 3. The number of aromatic nitrogens is 4. The van der Waals surface area contributed by atoms with Gasteiger partial charge in [-0.2, -0.15) is 5.10 Å². The van der Waals surface area contributed by atoms with Crippen molar-refractivity contribution in [1.29, 1.82) is 0 Å². The Morgan fingerprint density at radius 3 is 2.62 bits per heavy atom. The van der Waals surface area contributed by atoms with Crippen LogP contribution < -0.4 is 15.4 Å². The van der Waals surface area contributed by atoms with E-state index in [1.165, 1.54) is 37.8 Å². The van der Waals surface area contributed by atoms with Gasteiger partial charge in [0.1, 0.15) is 17.9 Å². The van der Waals surface area contributed by atoms with Crippen molar-refractivity contribution < 1.29 is 18.3 Å². The second-order valence-corrected chi connectivity index (χ2v) is 14.6. The Balaban J connectivity index is 1.12. The zero-order chi connectivity index (χ0) is 33.8. The van der Waals surface area contributed by atoms with Crippen LogP contribution in [0.2, 0.25) is 0 Å². The molecule has 5 rings (SSSR count). The van der Waals surface area contributed by atoms with Gasteiger partial charge >= 0.3 is 0 Å². The summed E-state index contributed by atoms with van der Waals surface area (Å²) in [6, 6.07) is 11.6. The number of carbonyl (C=O) groups excluding carboxylic acids is 1. The predicted octanol–water partition coefficient (Wildman–Crippen LogP) is 7.89. The smallest absolute Gasteiger partial charge is 0.230 e. The molecular weight excluding hydrogens is 600 g/mol. The quantitative estimate of drug-likeness (QED) is 0.134. The van der Waals surface area contributed by atoms with E-state index in [9.17, 15) is 13.6 Å². The number of H-pyrrole nitrogens is 1. The average Bonchev–Trinajstić information content (AvgIpc) is 3.63. The monoisotopic (exact) mass is 647 g/mol. The van der Waals surface area contributed by atoms with Gasteiger partial charge in [0.15, 0.2) is 17.5 Å². The van der Waals surface area contributed by atoms with E-state index >= 15 is 0 Å². The number of likely N-dealkylation sites (tertiary alicyclic amines) is 1. The van der Waals surface area contributed by atoms with Crippen LogP contribution in [-0.2, 0) is 11.2 Å². The van der Waals surface area contributed by atoms with Gasteiger partial charge in [-0.1, -0.05) is 47.6 Å². The maximum absolute atomic E-state index is 13.9. The first-order valence-electron chi connectivity index (χ1n) is 16.5. The molecule has 0 bridgehead atoms. The first kappa shape index (κ1) is 34.2. The standard InChI is InChI=1S/C36H47F2N7O2/c1-35(2,3)33(36(4,5)6)29-13-10-17-45(29)16-7-8-18-47-24-14-15-25-28(21-24)39-22-40-34(25)42-30-19-23(43-44-30)20-31(46)41-27-12-9-11-26(37)32(27)38/h9,11-12,14-15,19,21-22,29,33H,7-8,10,13,16-18,20H2,1-6H3,(H,41,46)(H2,39,40,42,43,44)/t29-/m1/s1. The van der Waals surface area contributed by atoms with Crippen molar-refractivity contribution in [3.63, 3.8) is 0 Å². The Labute approximate surface area is 275 Å². The van der Waals surface area contributed by atoms with Crippen LogP contribution in [0.3, 0.4) is 0 Å². The minimum absolute atomic E-state index is 0.108. The lowest BCUT2D eigenvalue weighted by Gasteiger charge is -2.47. The summed E-state index contributed by atoms with van der Waals surface area (Å²) in [7, 11) is 0. The fourth-order valence-electron chi connectivity index (χ4n) is 7.40. The molecule has 3 heterocycles. The van der Waals surface area contributed by atoms with Gasteiger partial charge in [0, 0.05) is 29.3 Å². The normalized spacial score (nSPS) is 15.8. The number of carbonyl (C=O) groups is 1. The summed E-state index contributed by atoms with van der Waals surface area (Å²) in [6.07, 6.45) is 5.99. The maximum Gasteiger partial charge on any atom is 0.230 e. The van der Waals surface area contributed by atoms with Crippen LogP contribution in [-0.4, -0.2) is 56.7 Å². The topological polar surface area (TPSA) is 108 Å². The van der Waals surface area contributed by atoms with E-state index in [1.54, 1.807) is 6.07 Å². The second-order valence-electron chi connectivity index (χ2n) is 14.6. The van der Waals surface area contributed by atoms with Crippen LogP contribution in [0.4, 0.5) is 26.1 Å². The van der Waals surface area contributed by atoms with Gasteiger partial charge in [-0.15, -0.1) is 0 Å². The van der Waals surface area contributed by atoms with Gasteiger partial charge < -0.3 is 20.3 Å². The molecule has 0 saturated carbocycles. The third kappa shape index (κ3) is 8.62. The molecule has 1 amide bonds. The number of benzene rings is 2. The van der Waals surface area contributed by atoms with Crippen molar-refractivity contribution in [3.8, 4) is 5.75 Å². The van der Waals surface area contributed by atoms with Crippen LogP contribution in [0.25, 0.3) is 10.9 Å². The first-order chi connectivity index (χ1) is 22.3. The van der Waals surface area contributed by atoms with Crippen LogP contribution in [0.1, 0.15) is 72.9 Å². The molecule has 1 aliphatic rings. The molecule has 2 aromatic carbocycles. The Morgan fingerprint density at radius 2 is 1.85 bits per heavy atom. The third-order valence-electron chi connectivity index (χ3n) is 8.84. The molecule has 0 spiro atoms. The number of ether oxygens (including phenoxy) is 1. The summed E-state index contributed by atoms with van der Waals surface area (Å²) in [6.45, 7) is 17.3. The molecule has 1 fully saturated rings. The highest BCUT2D eigenvalue weighted by Gasteiger charge is 2.44. The lowest BCUT2D eigenvalue weighted by Crippen LogP contribution is -2.47. The highest BCUT2D eigenvalue weighted by Crippen LogP contribution is 2.46. The van der Waals surface area contributed by atoms with Crippen molar-refractivity contribution in [1.82, 2.24) is 25.1 Å². The van der Waals surface area contributed by atoms with E-state index in [-0.39, 0.29) is 22.9 Å². The fraction of sp³-hybridized carbons (Fsp3) is 0.500. The van der Waals surface area contributed by atoms with Gasteiger partial charge in [-0.25, -0.2) is 18.7 Å². The summed E-state index contributed by atoms with van der Waals surface area (Å²) in [5.74, 6) is -0.262. The lowest BCUT2D eigenvalue weighted by molar-refractivity contribution is -0.115. The van der Waals surface area contributed by atoms with Crippen molar-refractivity contribution in [3.05, 3.63) is 66.1 Å². The predicted molar refractivity (Wildman–Crippen MR) is 182 cm³/mol. The zero-order valence-corrected chi connectivity index (χ0v) is 28.3. The molecule has 47 heavy (non-hydrogen) atoms. The number of amides is 1. The van der Waals surface area contributed by atoms with Crippen molar-refractivity contribution >= 4 is 34.1 Å². The van der Waals surface area contributed by atoms with Gasteiger partial charge in [0.2, 0.25) is 5.91 Å². The van der Waals surface area contributed by atoms with Crippen LogP contribution in [0.5, 0.6) is 5.75 Å². The van der Waals surface area contributed by atoms with Crippen molar-refractivity contribution in [2.75, 3.05) is 30.3 Å². The summed E-state index contributed by atoms with van der Waals surface area (Å²) < 4.78 is 33.5. The molecule has 0 radical (unpaired) electrons. The number of rotatable bonds is 12. The molecular formula is C36H47F2N7O2. The van der Waals surface area contributed by atoms with E-state index < -0.39 is 17.5 Å². The number of hydrogen-bond donors (Lipinski definition) is 3. The number of halogens is 2. The molecule has 0 aliphatic carbocycles. The summed E-state index contributed by atoms with van der Waals surface area (Å²) in [5.41, 5.74) is 1.52. The number of nitrogens with zero attached hydrogens (tertiary/aromatic N) is 4. The lowest BCUT2D eigenvalue weighted by atomic mass is 9.63. The average molecular weight is 648 g/mol. The highest BCUT2D eigenvalue weighted by atomic mass is 19.2. The Kier molecular flexibility index (Phi) is 10.4. The van der Waals surface area contributed by atoms with Crippen LogP contribution in [0, 0.1) is 28.4 Å². The third-order valence-corrected chi connectivity index (χ3v) is 8.84. The fourth-order valence-corrected chi connectivity index (χ4v) is 7.40. The molecule has 2 aromatic heterocycles. The minimum Gasteiger partial charge on any atom is -0.494 e. The Morgan fingerprint density at radius 1 is 1.06 bits per heavy atom. The van der Waals surface area contributed by atoms with Gasteiger partial charge in [0.05, 0.1) is 24.2 Å². The summed E-state index contributed by atoms with van der Waals surface area (Å²) in [4.78, 5) is 23.9. The summed E-state index contributed by atoms with van der Waals surface area (Å²) in [5, 5.41) is 13.3. The molecule has 0 unspecified atom stereocenters. The number of aromatic amines is 1. The van der Waals surface area contributed by atoms with Crippen LogP contribution >= 0.6 is 0 Å². The molecule has 1 saturated heterocycles. The molecule has 3 N–H and O–H groups in total. The van der Waals surface area contributed by atoms with E-state index in [4.69, 9.17) is 4.74 Å². The van der Waals surface area contributed by atoms with Gasteiger partial charge in [-0.3, -0.25) is 9.89 Å². The molecule has 1 atom stereocenters. The summed E-state index contributed by atoms with van der Waals surface area (Å²) >= 11 is 0. The SMILES string of the molecule is CC(C)(C)C([C@H]1CCCN1CCCCOc1ccc2c(Nc3cc(CC(=O)Nc4cccc(F)c4F)[nH]n3)ncnc2c1)C(C)(C)C. The number of unbranched alkanes of at least 4 members (excludes halogenated alkanes) is 1. The molecule has 252 valence electrons. The van der Waals surface area contributed by atoms with E-state index in [1.807, 2.05) is 18.2 Å². The molecule has 9 nitrogen and oxygen atoms in total. The number of fused-ring (bicyclic) bond motifs is 1. The van der Waals surface area contributed by atoms with Crippen molar-refractivity contribution in [2.24, 2.45) is 16.7 Å². The minimum atomic E-state index is -1.10. The maximum atomic E-state index is 13.9. The van der Waals surface area contributed by atoms with E-state index in [2.05, 4.69) is 77.2 Å². The van der Waals surface area contributed by atoms with Crippen LogP contribution in [0.15, 0.2) is 48.8 Å². The molecule has 11 heteroatoms. The Hall–Kier alpha value is -4.12. The number of hydrogen-bond acceptors (Lipinski definition) is 7. The molecule has 4 aromatic rings. The zero-order valence-electron chi connectivity index (χ0n) is 28.3. The van der Waals surface area contributed by atoms with Crippen molar-refractivity contribution in [2.45, 2.75) is 79.7 Å². The second kappa shape index (κ2) is 14.3. The van der Waals surface area contributed by atoms with Gasteiger partial charge in [0.25, 0.3) is 0 Å². The van der Waals surface area contributed by atoms with E-state index in [0.29, 0.717) is 35.9 Å². The largest absolute Gasteiger partial charge is 0.494 e. The first-order valence-corrected chi connectivity index (χ1v) is 16.5.